The molecule has 0 N–H and O–H groups in total. The van der Waals surface area contributed by atoms with Gasteiger partial charge in [-0.05, 0) is 37.8 Å². The monoisotopic (exact) mass is 262 g/mol. The van der Waals surface area contributed by atoms with Crippen molar-refractivity contribution in [2.24, 2.45) is 0 Å². The van der Waals surface area contributed by atoms with E-state index in [-0.39, 0.29) is 11.9 Å². The Balaban J connectivity index is 2.30. The Morgan fingerprint density at radius 2 is 2.28 bits per heavy atom. The van der Waals surface area contributed by atoms with Crippen molar-refractivity contribution in [2.75, 3.05) is 6.54 Å². The van der Waals surface area contributed by atoms with Crippen molar-refractivity contribution in [1.82, 2.24) is 4.90 Å². The number of amides is 1. The van der Waals surface area contributed by atoms with Gasteiger partial charge in [0.25, 0.3) is 5.91 Å². The zero-order valence-electron chi connectivity index (χ0n) is 10.3. The summed E-state index contributed by atoms with van der Waals surface area (Å²) < 4.78 is 0. The largest absolute Gasteiger partial charge is 0.323 e. The van der Waals surface area contributed by atoms with Crippen LogP contribution in [0.2, 0.25) is 5.02 Å². The number of rotatable bonds is 1. The van der Waals surface area contributed by atoms with E-state index in [0.717, 1.165) is 24.8 Å². The van der Waals surface area contributed by atoms with Crippen LogP contribution in [0.5, 0.6) is 0 Å². The van der Waals surface area contributed by atoms with E-state index in [1.165, 1.54) is 0 Å². The lowest BCUT2D eigenvalue weighted by Gasteiger charge is -2.31. The lowest BCUT2D eigenvalue weighted by atomic mass is 10.0. The molecule has 0 bridgehead atoms. The van der Waals surface area contributed by atoms with E-state index in [0.29, 0.717) is 17.1 Å². The summed E-state index contributed by atoms with van der Waals surface area (Å²) in [4.78, 5) is 14.1. The molecule has 18 heavy (non-hydrogen) atoms. The molecule has 1 heterocycles. The molecule has 1 fully saturated rings. The lowest BCUT2D eigenvalue weighted by molar-refractivity contribution is 0.0670. The van der Waals surface area contributed by atoms with Crippen molar-refractivity contribution in [1.29, 1.82) is 5.26 Å². The molecule has 2 rings (SSSR count). The molecule has 1 unspecified atom stereocenters. The number of nitriles is 1. The molecule has 0 aliphatic carbocycles. The minimum atomic E-state index is -0.317. The SMILES string of the molecule is Cc1cccc(C(=O)N2CCCCC2C#N)c1Cl. The van der Waals surface area contributed by atoms with Crippen molar-refractivity contribution >= 4 is 17.5 Å². The summed E-state index contributed by atoms with van der Waals surface area (Å²) in [5, 5.41) is 9.59. The van der Waals surface area contributed by atoms with Crippen LogP contribution in [-0.4, -0.2) is 23.4 Å². The molecule has 94 valence electrons. The van der Waals surface area contributed by atoms with Crippen molar-refractivity contribution < 1.29 is 4.79 Å². The first-order valence-electron chi connectivity index (χ1n) is 6.11. The molecule has 0 saturated carbocycles. The summed E-state index contributed by atoms with van der Waals surface area (Å²) >= 11 is 6.17. The van der Waals surface area contributed by atoms with Crippen LogP contribution in [0, 0.1) is 18.3 Å². The molecule has 1 aliphatic rings. The first-order valence-corrected chi connectivity index (χ1v) is 6.48. The number of benzene rings is 1. The average Bonchev–Trinajstić information content (AvgIpc) is 2.41. The summed E-state index contributed by atoms with van der Waals surface area (Å²) in [6, 6.07) is 7.30. The van der Waals surface area contributed by atoms with Gasteiger partial charge in [0.1, 0.15) is 6.04 Å². The van der Waals surface area contributed by atoms with Gasteiger partial charge in [-0.15, -0.1) is 0 Å². The van der Waals surface area contributed by atoms with Crippen molar-refractivity contribution in [3.8, 4) is 6.07 Å². The van der Waals surface area contributed by atoms with Crippen molar-refractivity contribution in [3.05, 3.63) is 34.3 Å². The average molecular weight is 263 g/mol. The highest BCUT2D eigenvalue weighted by Crippen LogP contribution is 2.25. The molecule has 1 aromatic carbocycles. The quantitative estimate of drug-likeness (QED) is 0.780. The highest BCUT2D eigenvalue weighted by atomic mass is 35.5. The smallest absolute Gasteiger partial charge is 0.256 e. The Morgan fingerprint density at radius 3 is 3.00 bits per heavy atom. The lowest BCUT2D eigenvalue weighted by Crippen LogP contribution is -2.43. The molecule has 1 amide bonds. The highest BCUT2D eigenvalue weighted by molar-refractivity contribution is 6.34. The number of hydrogen-bond acceptors (Lipinski definition) is 2. The van der Waals surface area contributed by atoms with Crippen LogP contribution in [0.25, 0.3) is 0 Å². The van der Waals surface area contributed by atoms with Gasteiger partial charge < -0.3 is 4.90 Å². The number of hydrogen-bond donors (Lipinski definition) is 0. The van der Waals surface area contributed by atoms with Crippen LogP contribution >= 0.6 is 11.6 Å². The number of carbonyl (C=O) groups excluding carboxylic acids is 1. The maximum Gasteiger partial charge on any atom is 0.256 e. The van der Waals surface area contributed by atoms with Crippen LogP contribution < -0.4 is 0 Å². The summed E-state index contributed by atoms with van der Waals surface area (Å²) in [6.07, 6.45) is 2.71. The number of likely N-dealkylation sites (tertiary alicyclic amines) is 1. The predicted molar refractivity (Wildman–Crippen MR) is 70.5 cm³/mol. The maximum absolute atomic E-state index is 12.4. The Morgan fingerprint density at radius 1 is 1.50 bits per heavy atom. The fraction of sp³-hybridized carbons (Fsp3) is 0.429. The molecular weight excluding hydrogens is 248 g/mol. The standard InChI is InChI=1S/C14H15ClN2O/c1-10-5-4-7-12(13(10)15)14(18)17-8-3-2-6-11(17)9-16/h4-5,7,11H,2-3,6,8H2,1H3. The number of carbonyl (C=O) groups is 1. The van der Waals surface area contributed by atoms with Crippen molar-refractivity contribution in [3.63, 3.8) is 0 Å². The van der Waals surface area contributed by atoms with Crippen LogP contribution in [0.15, 0.2) is 18.2 Å². The third-order valence-electron chi connectivity index (χ3n) is 3.33. The van der Waals surface area contributed by atoms with Crippen LogP contribution in [0.1, 0.15) is 35.2 Å². The van der Waals surface area contributed by atoms with E-state index in [1.807, 2.05) is 19.1 Å². The third kappa shape index (κ3) is 2.34. The molecular formula is C14H15ClN2O. The van der Waals surface area contributed by atoms with E-state index in [4.69, 9.17) is 16.9 Å². The van der Waals surface area contributed by atoms with Crippen LogP contribution in [-0.2, 0) is 0 Å². The third-order valence-corrected chi connectivity index (χ3v) is 3.84. The number of nitrogens with zero attached hydrogens (tertiary/aromatic N) is 2. The van der Waals surface area contributed by atoms with Gasteiger partial charge in [0.15, 0.2) is 0 Å². The summed E-state index contributed by atoms with van der Waals surface area (Å²) in [7, 11) is 0. The van der Waals surface area contributed by atoms with E-state index >= 15 is 0 Å². The Bertz CT molecular complexity index is 507. The molecule has 0 aromatic heterocycles. The number of piperidine rings is 1. The number of aryl methyl sites for hydroxylation is 1. The zero-order chi connectivity index (χ0) is 13.1. The summed E-state index contributed by atoms with van der Waals surface area (Å²) in [5.74, 6) is -0.130. The van der Waals surface area contributed by atoms with Crippen molar-refractivity contribution in [2.45, 2.75) is 32.2 Å². The first kappa shape index (κ1) is 12.9. The second kappa shape index (κ2) is 5.41. The van der Waals surface area contributed by atoms with Gasteiger partial charge in [-0.25, -0.2) is 0 Å². The first-order chi connectivity index (χ1) is 8.65. The Hall–Kier alpha value is -1.53. The number of halogens is 1. The fourth-order valence-electron chi connectivity index (χ4n) is 2.28. The van der Waals surface area contributed by atoms with E-state index in [9.17, 15) is 4.79 Å². The molecule has 4 heteroatoms. The molecule has 0 radical (unpaired) electrons. The van der Waals surface area contributed by atoms with Gasteiger partial charge >= 0.3 is 0 Å². The van der Waals surface area contributed by atoms with Crippen LogP contribution in [0.4, 0.5) is 0 Å². The van der Waals surface area contributed by atoms with E-state index < -0.39 is 0 Å². The second-order valence-corrected chi connectivity index (χ2v) is 4.95. The van der Waals surface area contributed by atoms with E-state index in [2.05, 4.69) is 6.07 Å². The van der Waals surface area contributed by atoms with Gasteiger partial charge in [-0.1, -0.05) is 23.7 Å². The minimum Gasteiger partial charge on any atom is -0.323 e. The summed E-state index contributed by atoms with van der Waals surface area (Å²) in [6.45, 7) is 2.51. The molecule has 1 saturated heterocycles. The second-order valence-electron chi connectivity index (χ2n) is 4.58. The predicted octanol–water partition coefficient (Wildman–Crippen LogP) is 3.17. The van der Waals surface area contributed by atoms with Gasteiger partial charge in [0, 0.05) is 6.54 Å². The molecule has 1 aromatic rings. The minimum absolute atomic E-state index is 0.130. The highest BCUT2D eigenvalue weighted by Gasteiger charge is 2.28. The molecule has 1 atom stereocenters. The van der Waals surface area contributed by atoms with Gasteiger partial charge in [-0.2, -0.15) is 5.26 Å². The molecule has 0 spiro atoms. The maximum atomic E-state index is 12.4. The topological polar surface area (TPSA) is 44.1 Å². The molecule has 1 aliphatic heterocycles. The Labute approximate surface area is 112 Å². The normalized spacial score (nSPS) is 19.4. The fourth-order valence-corrected chi connectivity index (χ4v) is 2.48. The zero-order valence-corrected chi connectivity index (χ0v) is 11.1. The van der Waals surface area contributed by atoms with Crippen LogP contribution in [0.3, 0.4) is 0 Å². The van der Waals surface area contributed by atoms with E-state index in [1.54, 1.807) is 11.0 Å². The summed E-state index contributed by atoms with van der Waals surface area (Å²) in [5.41, 5.74) is 1.38. The molecule has 3 nitrogen and oxygen atoms in total. The van der Waals surface area contributed by atoms with Gasteiger partial charge in [-0.3, -0.25) is 4.79 Å². The van der Waals surface area contributed by atoms with Gasteiger partial charge in [0.05, 0.1) is 16.7 Å². The van der Waals surface area contributed by atoms with Gasteiger partial charge in [0.2, 0.25) is 0 Å². The Kier molecular flexibility index (Phi) is 3.88.